The van der Waals surface area contributed by atoms with Gasteiger partial charge in [-0.15, -0.1) is 0 Å². The summed E-state index contributed by atoms with van der Waals surface area (Å²) in [6, 6.07) is 0. The number of rotatable bonds is 13. The van der Waals surface area contributed by atoms with E-state index in [1.54, 1.807) is 0 Å². The van der Waals surface area contributed by atoms with Gasteiger partial charge in [-0.05, 0) is 11.8 Å². The molecule has 0 saturated carbocycles. The van der Waals surface area contributed by atoms with Gasteiger partial charge in [0.15, 0.2) is 0 Å². The Bertz CT molecular complexity index is 144. The molecule has 0 bridgehead atoms. The van der Waals surface area contributed by atoms with Gasteiger partial charge in [-0.2, -0.15) is 0 Å². The van der Waals surface area contributed by atoms with Crippen LogP contribution in [0.15, 0.2) is 0 Å². The molecule has 0 aliphatic carbocycles. The highest BCUT2D eigenvalue weighted by atomic mass is 14.2. The summed E-state index contributed by atoms with van der Waals surface area (Å²) in [5, 5.41) is 0. The zero-order valence-corrected chi connectivity index (χ0v) is 13.3. The fourth-order valence-electron chi connectivity index (χ4n) is 3.01. The molecule has 0 N–H and O–H groups in total. The predicted molar refractivity (Wildman–Crippen MR) is 84.8 cm³/mol. The van der Waals surface area contributed by atoms with E-state index in [0.29, 0.717) is 0 Å². The van der Waals surface area contributed by atoms with E-state index >= 15 is 0 Å². The van der Waals surface area contributed by atoms with Gasteiger partial charge in [0.1, 0.15) is 0 Å². The SMILES string of the molecule is [CH2]CCC(CCC)C(C)CCCCCCCCC. The molecule has 0 aliphatic rings. The summed E-state index contributed by atoms with van der Waals surface area (Å²) in [6.07, 6.45) is 16.7. The average Bonchev–Trinajstić information content (AvgIpc) is 2.37. The highest BCUT2D eigenvalue weighted by Gasteiger charge is 2.14. The van der Waals surface area contributed by atoms with E-state index in [9.17, 15) is 0 Å². The van der Waals surface area contributed by atoms with Crippen LogP contribution in [0.1, 0.15) is 97.8 Å². The highest BCUT2D eigenvalue weighted by Crippen LogP contribution is 2.27. The van der Waals surface area contributed by atoms with Crippen molar-refractivity contribution < 1.29 is 0 Å². The van der Waals surface area contributed by atoms with Crippen LogP contribution in [-0.4, -0.2) is 0 Å². The fourth-order valence-corrected chi connectivity index (χ4v) is 3.01. The lowest BCUT2D eigenvalue weighted by molar-refractivity contribution is 0.290. The van der Waals surface area contributed by atoms with E-state index in [1.165, 1.54) is 70.6 Å². The Hall–Kier alpha value is 0. The van der Waals surface area contributed by atoms with Crippen molar-refractivity contribution in [2.45, 2.75) is 97.8 Å². The third kappa shape index (κ3) is 9.97. The summed E-state index contributed by atoms with van der Waals surface area (Å²) in [4.78, 5) is 0. The maximum atomic E-state index is 4.03. The second kappa shape index (κ2) is 13.4. The van der Waals surface area contributed by atoms with Crippen molar-refractivity contribution >= 4 is 0 Å². The Morgan fingerprint density at radius 3 is 1.89 bits per heavy atom. The van der Waals surface area contributed by atoms with E-state index in [4.69, 9.17) is 0 Å². The molecule has 0 heterocycles. The summed E-state index contributed by atoms with van der Waals surface area (Å²) < 4.78 is 0. The van der Waals surface area contributed by atoms with Crippen LogP contribution in [0.2, 0.25) is 0 Å². The van der Waals surface area contributed by atoms with Gasteiger partial charge in [0.2, 0.25) is 0 Å². The first-order chi connectivity index (χ1) is 8.76. The van der Waals surface area contributed by atoms with Crippen LogP contribution < -0.4 is 0 Å². The molecule has 0 aromatic carbocycles. The van der Waals surface area contributed by atoms with Gasteiger partial charge >= 0.3 is 0 Å². The summed E-state index contributed by atoms with van der Waals surface area (Å²) in [7, 11) is 0. The molecule has 18 heavy (non-hydrogen) atoms. The van der Waals surface area contributed by atoms with Crippen molar-refractivity contribution in [3.05, 3.63) is 6.92 Å². The van der Waals surface area contributed by atoms with E-state index in [2.05, 4.69) is 27.7 Å². The van der Waals surface area contributed by atoms with Crippen molar-refractivity contribution in [3.63, 3.8) is 0 Å². The first kappa shape index (κ1) is 18.0. The molecule has 0 spiro atoms. The Balaban J connectivity index is 3.51. The minimum absolute atomic E-state index is 0.919. The molecular formula is C18H37. The third-order valence-corrected chi connectivity index (χ3v) is 4.30. The van der Waals surface area contributed by atoms with Crippen LogP contribution in [0.4, 0.5) is 0 Å². The number of hydrogen-bond donors (Lipinski definition) is 0. The summed E-state index contributed by atoms with van der Waals surface area (Å²) in [6.45, 7) is 11.1. The molecule has 0 amide bonds. The fraction of sp³-hybridized carbons (Fsp3) is 0.944. The zero-order valence-electron chi connectivity index (χ0n) is 13.3. The molecule has 0 fully saturated rings. The van der Waals surface area contributed by atoms with E-state index < -0.39 is 0 Å². The smallest absolute Gasteiger partial charge is 0.0389 e. The van der Waals surface area contributed by atoms with Crippen LogP contribution in [0.3, 0.4) is 0 Å². The molecule has 0 aromatic rings. The highest BCUT2D eigenvalue weighted by molar-refractivity contribution is 4.67. The molecule has 109 valence electrons. The number of unbranched alkanes of at least 4 members (excludes halogenated alkanes) is 6. The van der Waals surface area contributed by atoms with Crippen molar-refractivity contribution in [2.24, 2.45) is 11.8 Å². The van der Waals surface area contributed by atoms with Crippen molar-refractivity contribution in [3.8, 4) is 0 Å². The summed E-state index contributed by atoms with van der Waals surface area (Å²) >= 11 is 0. The molecule has 2 atom stereocenters. The minimum atomic E-state index is 0.919. The van der Waals surface area contributed by atoms with Gasteiger partial charge in [0.25, 0.3) is 0 Å². The molecular weight excluding hydrogens is 216 g/mol. The second-order valence-corrected chi connectivity index (χ2v) is 6.08. The van der Waals surface area contributed by atoms with Gasteiger partial charge < -0.3 is 0 Å². The van der Waals surface area contributed by atoms with E-state index in [-0.39, 0.29) is 0 Å². The monoisotopic (exact) mass is 253 g/mol. The van der Waals surface area contributed by atoms with Crippen LogP contribution in [0.5, 0.6) is 0 Å². The largest absolute Gasteiger partial charge is 0.0654 e. The minimum Gasteiger partial charge on any atom is -0.0654 e. The van der Waals surface area contributed by atoms with Gasteiger partial charge in [0, 0.05) is 0 Å². The Kier molecular flexibility index (Phi) is 13.4. The zero-order chi connectivity index (χ0) is 13.6. The lowest BCUT2D eigenvalue weighted by Crippen LogP contribution is -2.11. The molecule has 2 unspecified atom stereocenters. The molecule has 0 aliphatic heterocycles. The summed E-state index contributed by atoms with van der Waals surface area (Å²) in [5.74, 6) is 1.86. The Morgan fingerprint density at radius 2 is 1.33 bits per heavy atom. The maximum Gasteiger partial charge on any atom is -0.0389 e. The molecule has 0 nitrogen and oxygen atoms in total. The second-order valence-electron chi connectivity index (χ2n) is 6.08. The third-order valence-electron chi connectivity index (χ3n) is 4.30. The lowest BCUT2D eigenvalue weighted by Gasteiger charge is -2.23. The van der Waals surface area contributed by atoms with Crippen molar-refractivity contribution in [2.75, 3.05) is 0 Å². The predicted octanol–water partition coefficient (Wildman–Crippen LogP) is 6.79. The lowest BCUT2D eigenvalue weighted by atomic mass is 9.83. The first-order valence-electron chi connectivity index (χ1n) is 8.55. The molecule has 0 heteroatoms. The molecule has 0 rings (SSSR count). The van der Waals surface area contributed by atoms with Crippen molar-refractivity contribution in [1.29, 1.82) is 0 Å². The van der Waals surface area contributed by atoms with Gasteiger partial charge in [0.05, 0.1) is 0 Å². The standard InChI is InChI=1S/C18H37/c1-5-8-9-10-11-12-13-16-17(4)18(14-6-2)15-7-3/h17-18H,2,5-16H2,1,3-4H3. The topological polar surface area (TPSA) is 0 Å². The Morgan fingerprint density at radius 1 is 0.722 bits per heavy atom. The van der Waals surface area contributed by atoms with Gasteiger partial charge in [-0.1, -0.05) is 105 Å². The van der Waals surface area contributed by atoms with Crippen LogP contribution in [0.25, 0.3) is 0 Å². The van der Waals surface area contributed by atoms with Gasteiger partial charge in [-0.25, -0.2) is 0 Å². The molecule has 0 aromatic heterocycles. The van der Waals surface area contributed by atoms with E-state index in [0.717, 1.165) is 18.3 Å². The average molecular weight is 253 g/mol. The molecule has 1 radical (unpaired) electrons. The summed E-state index contributed by atoms with van der Waals surface area (Å²) in [5.41, 5.74) is 0. The normalized spacial score (nSPS) is 13.2. The Labute approximate surface area is 117 Å². The van der Waals surface area contributed by atoms with E-state index in [1.807, 2.05) is 0 Å². The quantitative estimate of drug-likeness (QED) is 0.317. The maximum absolute atomic E-state index is 4.03. The van der Waals surface area contributed by atoms with Crippen LogP contribution in [-0.2, 0) is 0 Å². The van der Waals surface area contributed by atoms with Crippen LogP contribution >= 0.6 is 0 Å². The molecule has 0 saturated heterocycles. The van der Waals surface area contributed by atoms with Gasteiger partial charge in [-0.3, -0.25) is 0 Å². The number of hydrogen-bond acceptors (Lipinski definition) is 0. The first-order valence-corrected chi connectivity index (χ1v) is 8.55. The van der Waals surface area contributed by atoms with Crippen molar-refractivity contribution in [1.82, 2.24) is 0 Å². The van der Waals surface area contributed by atoms with Crippen LogP contribution in [0, 0.1) is 18.8 Å².